The summed E-state index contributed by atoms with van der Waals surface area (Å²) in [4.78, 5) is 24.7. The molecule has 0 spiro atoms. The topological polar surface area (TPSA) is 91.7 Å². The second-order valence-corrected chi connectivity index (χ2v) is 7.66. The van der Waals surface area contributed by atoms with Gasteiger partial charge in [-0.05, 0) is 25.7 Å². The third-order valence-electron chi connectivity index (χ3n) is 3.46. The number of likely N-dealkylation sites (tertiary alicyclic amines) is 1. The Morgan fingerprint density at radius 1 is 1.11 bits per heavy atom. The first-order valence-electron chi connectivity index (χ1n) is 6.44. The Morgan fingerprint density at radius 2 is 1.58 bits per heavy atom. The van der Waals surface area contributed by atoms with Gasteiger partial charge in [0.05, 0.1) is 0 Å². The van der Waals surface area contributed by atoms with Crippen LogP contribution in [-0.2, 0) is 19.4 Å². The maximum absolute atomic E-state index is 12.3. The summed E-state index contributed by atoms with van der Waals surface area (Å²) in [5.74, 6) is -2.45. The predicted molar refractivity (Wildman–Crippen MR) is 70.5 cm³/mol. The van der Waals surface area contributed by atoms with Gasteiger partial charge in [-0.25, -0.2) is 8.42 Å². The average Bonchev–Trinajstić information content (AvgIpc) is 2.78. The quantitative estimate of drug-likeness (QED) is 0.797. The van der Waals surface area contributed by atoms with Crippen molar-refractivity contribution in [3.63, 3.8) is 0 Å². The van der Waals surface area contributed by atoms with Crippen LogP contribution in [0.4, 0.5) is 0 Å². The van der Waals surface area contributed by atoms with Crippen molar-refractivity contribution < 1.29 is 23.1 Å². The molecule has 1 amide bonds. The predicted octanol–water partition coefficient (Wildman–Crippen LogP) is 0.521. The highest BCUT2D eigenvalue weighted by molar-refractivity contribution is 7.94. The van der Waals surface area contributed by atoms with Crippen LogP contribution in [0.3, 0.4) is 0 Å². The van der Waals surface area contributed by atoms with E-state index in [1.807, 2.05) is 0 Å². The molecule has 1 heterocycles. The molecule has 6 nitrogen and oxygen atoms in total. The minimum absolute atomic E-state index is 0.482. The van der Waals surface area contributed by atoms with Crippen molar-refractivity contribution in [2.24, 2.45) is 5.92 Å². The lowest BCUT2D eigenvalue weighted by Crippen LogP contribution is -2.47. The maximum atomic E-state index is 12.3. The second kappa shape index (κ2) is 5.90. The fraction of sp³-hybridized carbons (Fsp3) is 0.833. The molecule has 0 aromatic rings. The Labute approximate surface area is 113 Å². The zero-order chi connectivity index (χ0) is 14.8. The van der Waals surface area contributed by atoms with Crippen LogP contribution in [0.25, 0.3) is 0 Å². The van der Waals surface area contributed by atoms with E-state index in [-0.39, 0.29) is 0 Å². The summed E-state index contributed by atoms with van der Waals surface area (Å²) in [6.07, 6.45) is 1.73. The Hall–Kier alpha value is -1.11. The van der Waals surface area contributed by atoms with Crippen molar-refractivity contribution in [2.75, 3.05) is 13.1 Å². The first-order chi connectivity index (χ1) is 8.69. The van der Waals surface area contributed by atoms with Crippen molar-refractivity contribution in [3.05, 3.63) is 0 Å². The van der Waals surface area contributed by atoms with Crippen LogP contribution in [0.1, 0.15) is 33.6 Å². The Kier molecular flexibility index (Phi) is 4.95. The fourth-order valence-electron chi connectivity index (χ4n) is 2.36. The van der Waals surface area contributed by atoms with Gasteiger partial charge >= 0.3 is 5.97 Å². The summed E-state index contributed by atoms with van der Waals surface area (Å²) >= 11 is 0. The molecule has 1 saturated heterocycles. The molecule has 1 aliphatic heterocycles. The minimum Gasteiger partial charge on any atom is -0.480 e. The zero-order valence-corrected chi connectivity index (χ0v) is 12.3. The second-order valence-electron chi connectivity index (χ2n) is 5.27. The smallest absolute Gasteiger partial charge is 0.322 e. The standard InChI is InChI=1S/C12H21NO5S/c1-8(2)10(12(15)16)19(17,18)9(3)11(14)13-6-4-5-7-13/h8-10H,4-7H2,1-3H3,(H,15,16). The molecular weight excluding hydrogens is 270 g/mol. The van der Waals surface area contributed by atoms with E-state index in [1.165, 1.54) is 25.7 Å². The number of hydrogen-bond donors (Lipinski definition) is 1. The number of carbonyl (C=O) groups is 2. The molecule has 0 aliphatic carbocycles. The van der Waals surface area contributed by atoms with Gasteiger partial charge in [0.25, 0.3) is 0 Å². The molecule has 0 aromatic heterocycles. The summed E-state index contributed by atoms with van der Waals surface area (Å²) in [6, 6.07) is 0. The fourth-order valence-corrected chi connectivity index (χ4v) is 4.27. The summed E-state index contributed by atoms with van der Waals surface area (Å²) in [5.41, 5.74) is 0. The lowest BCUT2D eigenvalue weighted by Gasteiger charge is -2.24. The molecule has 1 N–H and O–H groups in total. The van der Waals surface area contributed by atoms with Crippen molar-refractivity contribution in [3.8, 4) is 0 Å². The van der Waals surface area contributed by atoms with Gasteiger partial charge in [0, 0.05) is 13.1 Å². The van der Waals surface area contributed by atoms with Gasteiger partial charge in [-0.3, -0.25) is 9.59 Å². The van der Waals surface area contributed by atoms with E-state index in [1.54, 1.807) is 0 Å². The molecule has 2 unspecified atom stereocenters. The summed E-state index contributed by atoms with van der Waals surface area (Å²) in [5, 5.41) is 6.24. The molecule has 1 rings (SSSR count). The molecule has 19 heavy (non-hydrogen) atoms. The van der Waals surface area contributed by atoms with Crippen LogP contribution >= 0.6 is 0 Å². The van der Waals surface area contributed by atoms with Crippen molar-refractivity contribution in [2.45, 2.75) is 44.1 Å². The molecule has 2 atom stereocenters. The van der Waals surface area contributed by atoms with Crippen LogP contribution in [0.5, 0.6) is 0 Å². The first kappa shape index (κ1) is 15.9. The number of carbonyl (C=O) groups excluding carboxylic acids is 1. The van der Waals surface area contributed by atoms with Crippen molar-refractivity contribution in [1.29, 1.82) is 0 Å². The number of hydrogen-bond acceptors (Lipinski definition) is 4. The number of amides is 1. The van der Waals surface area contributed by atoms with E-state index in [2.05, 4.69) is 0 Å². The average molecular weight is 291 g/mol. The summed E-state index contributed by atoms with van der Waals surface area (Å²) < 4.78 is 24.6. The number of nitrogens with zero attached hydrogens (tertiary/aromatic N) is 1. The lowest BCUT2D eigenvalue weighted by molar-refractivity contribution is -0.137. The van der Waals surface area contributed by atoms with E-state index in [4.69, 9.17) is 5.11 Å². The van der Waals surface area contributed by atoms with Gasteiger partial charge in [0.2, 0.25) is 5.91 Å². The molecule has 1 aliphatic rings. The van der Waals surface area contributed by atoms with Gasteiger partial charge in [0.15, 0.2) is 15.1 Å². The monoisotopic (exact) mass is 291 g/mol. The molecule has 0 bridgehead atoms. The molecular formula is C12H21NO5S. The van der Waals surface area contributed by atoms with E-state index < -0.39 is 38.1 Å². The van der Waals surface area contributed by atoms with Crippen LogP contribution in [0.15, 0.2) is 0 Å². The van der Waals surface area contributed by atoms with Gasteiger partial charge in [0.1, 0.15) is 5.25 Å². The van der Waals surface area contributed by atoms with Crippen LogP contribution in [0, 0.1) is 5.92 Å². The number of carboxylic acids is 1. The maximum Gasteiger partial charge on any atom is 0.322 e. The number of sulfone groups is 1. The van der Waals surface area contributed by atoms with E-state index in [0.717, 1.165) is 12.8 Å². The molecule has 0 radical (unpaired) electrons. The third kappa shape index (κ3) is 3.26. The normalized spacial score (nSPS) is 19.5. The number of rotatable bonds is 5. The van der Waals surface area contributed by atoms with Gasteiger partial charge in [-0.1, -0.05) is 13.8 Å². The lowest BCUT2D eigenvalue weighted by atomic mass is 10.1. The Morgan fingerprint density at radius 3 is 1.95 bits per heavy atom. The first-order valence-corrected chi connectivity index (χ1v) is 8.04. The molecule has 7 heteroatoms. The molecule has 1 fully saturated rings. The van der Waals surface area contributed by atoms with Gasteiger partial charge < -0.3 is 10.0 Å². The highest BCUT2D eigenvalue weighted by Crippen LogP contribution is 2.21. The Bertz CT molecular complexity index is 451. The van der Waals surface area contributed by atoms with Crippen LogP contribution in [0.2, 0.25) is 0 Å². The van der Waals surface area contributed by atoms with E-state index >= 15 is 0 Å². The van der Waals surface area contributed by atoms with Crippen molar-refractivity contribution >= 4 is 21.7 Å². The summed E-state index contributed by atoms with van der Waals surface area (Å²) in [6.45, 7) is 5.46. The minimum atomic E-state index is -4.03. The molecule has 0 aromatic carbocycles. The summed E-state index contributed by atoms with van der Waals surface area (Å²) in [7, 11) is -4.03. The van der Waals surface area contributed by atoms with Crippen molar-refractivity contribution in [1.82, 2.24) is 4.90 Å². The highest BCUT2D eigenvalue weighted by atomic mass is 32.2. The van der Waals surface area contributed by atoms with Gasteiger partial charge in [-0.2, -0.15) is 0 Å². The zero-order valence-electron chi connectivity index (χ0n) is 11.5. The SMILES string of the molecule is CC(C)C(C(=O)O)S(=O)(=O)C(C)C(=O)N1CCCC1. The van der Waals surface area contributed by atoms with Crippen LogP contribution in [-0.4, -0.2) is 53.9 Å². The number of aliphatic carboxylic acids is 1. The third-order valence-corrected chi connectivity index (χ3v) is 6.10. The Balaban J connectivity index is 2.97. The van der Waals surface area contributed by atoms with Crippen LogP contribution < -0.4 is 0 Å². The number of carboxylic acid groups (broad SMARTS) is 1. The largest absolute Gasteiger partial charge is 0.480 e. The van der Waals surface area contributed by atoms with Gasteiger partial charge in [-0.15, -0.1) is 0 Å². The highest BCUT2D eigenvalue weighted by Gasteiger charge is 2.43. The van der Waals surface area contributed by atoms with E-state index in [0.29, 0.717) is 13.1 Å². The van der Waals surface area contributed by atoms with E-state index in [9.17, 15) is 18.0 Å². The molecule has 110 valence electrons. The molecule has 0 saturated carbocycles.